The van der Waals surface area contributed by atoms with E-state index in [0.29, 0.717) is 5.30 Å². The molecule has 0 aliphatic rings. The molecule has 0 amide bonds. The van der Waals surface area contributed by atoms with Crippen molar-refractivity contribution in [1.82, 2.24) is 0 Å². The fourth-order valence-electron chi connectivity index (χ4n) is 1.51. The Kier molecular flexibility index (Phi) is 3.12. The van der Waals surface area contributed by atoms with Crippen LogP contribution < -0.4 is 5.30 Å². The summed E-state index contributed by atoms with van der Waals surface area (Å²) in [5.41, 5.74) is 1.89. The van der Waals surface area contributed by atoms with Crippen molar-refractivity contribution in [3.63, 3.8) is 0 Å². The van der Waals surface area contributed by atoms with E-state index in [4.69, 9.17) is 0 Å². The van der Waals surface area contributed by atoms with Crippen molar-refractivity contribution in [2.45, 2.75) is 0 Å². The summed E-state index contributed by atoms with van der Waals surface area (Å²) in [6, 6.07) is 17.1. The molecule has 0 unspecified atom stereocenters. The van der Waals surface area contributed by atoms with E-state index in [0.717, 1.165) is 11.1 Å². The van der Waals surface area contributed by atoms with Gasteiger partial charge in [-0.1, -0.05) is 48.5 Å². The van der Waals surface area contributed by atoms with Crippen molar-refractivity contribution in [1.29, 1.82) is 0 Å². The molecule has 76 valence electrons. The Hall–Kier alpha value is -1.21. The zero-order chi connectivity index (χ0) is 10.7. The summed E-state index contributed by atoms with van der Waals surface area (Å²) in [5.74, 6) is 0. The van der Waals surface area contributed by atoms with Crippen molar-refractivity contribution in [3.8, 4) is 11.1 Å². The van der Waals surface area contributed by atoms with Gasteiger partial charge >= 0.3 is 0 Å². The van der Waals surface area contributed by atoms with Crippen LogP contribution in [0.4, 0.5) is 0 Å². The minimum Gasteiger partial charge on any atom is -0.347 e. The third-order valence-electron chi connectivity index (χ3n) is 2.20. The summed E-state index contributed by atoms with van der Waals surface area (Å²) in [4.78, 5) is 18.6. The number of hydrogen-bond acceptors (Lipinski definition) is 2. The van der Waals surface area contributed by atoms with Gasteiger partial charge in [0.15, 0.2) is 8.38 Å². The number of benzene rings is 2. The minimum absolute atomic E-state index is 0.596. The quantitative estimate of drug-likeness (QED) is 0.759. The van der Waals surface area contributed by atoms with Crippen LogP contribution in [0.15, 0.2) is 54.6 Å². The molecule has 0 heterocycles. The van der Waals surface area contributed by atoms with Crippen LogP contribution in [0.1, 0.15) is 0 Å². The summed E-state index contributed by atoms with van der Waals surface area (Å²) in [5, 5.41) is 0.596. The highest BCUT2D eigenvalue weighted by molar-refractivity contribution is 7.54. The zero-order valence-corrected chi connectivity index (χ0v) is 8.93. The molecular weight excluding hydrogens is 207 g/mol. The van der Waals surface area contributed by atoms with Gasteiger partial charge in [-0.15, -0.1) is 0 Å². The van der Waals surface area contributed by atoms with E-state index in [-0.39, 0.29) is 0 Å². The molecule has 2 aromatic rings. The van der Waals surface area contributed by atoms with Gasteiger partial charge in [-0.3, -0.25) is 0 Å². The molecule has 2 N–H and O–H groups in total. The van der Waals surface area contributed by atoms with Crippen molar-refractivity contribution in [2.24, 2.45) is 0 Å². The maximum Gasteiger partial charge on any atom is 0.200 e. The largest absolute Gasteiger partial charge is 0.347 e. The van der Waals surface area contributed by atoms with Gasteiger partial charge < -0.3 is 9.79 Å². The van der Waals surface area contributed by atoms with Crippen LogP contribution in [0.2, 0.25) is 0 Å². The van der Waals surface area contributed by atoms with Gasteiger partial charge in [0.05, 0.1) is 0 Å². The standard InChI is InChI=1S/C12H11O2P/c13-15(14)12-9-5-4-8-11(12)10-6-2-1-3-7-10/h1-9,13-14H. The maximum atomic E-state index is 9.29. The molecule has 0 bridgehead atoms. The van der Waals surface area contributed by atoms with Crippen LogP contribution in [0.5, 0.6) is 0 Å². The first-order valence-corrected chi connectivity index (χ1v) is 5.86. The molecule has 0 aliphatic heterocycles. The third kappa shape index (κ3) is 2.24. The van der Waals surface area contributed by atoms with Crippen LogP contribution >= 0.6 is 8.38 Å². The van der Waals surface area contributed by atoms with Crippen molar-refractivity contribution < 1.29 is 9.79 Å². The van der Waals surface area contributed by atoms with E-state index >= 15 is 0 Å². The molecule has 0 aliphatic carbocycles. The van der Waals surface area contributed by atoms with Crippen molar-refractivity contribution in [2.75, 3.05) is 0 Å². The van der Waals surface area contributed by atoms with Gasteiger partial charge in [0.1, 0.15) is 0 Å². The Morgan fingerprint density at radius 2 is 1.33 bits per heavy atom. The molecule has 0 spiro atoms. The Balaban J connectivity index is 2.53. The van der Waals surface area contributed by atoms with Gasteiger partial charge in [-0.25, -0.2) is 0 Å². The molecule has 0 saturated heterocycles. The van der Waals surface area contributed by atoms with E-state index in [1.807, 2.05) is 48.5 Å². The normalized spacial score (nSPS) is 10.6. The third-order valence-corrected chi connectivity index (χ3v) is 3.03. The SMILES string of the molecule is OP(O)c1ccccc1-c1ccccc1. The van der Waals surface area contributed by atoms with E-state index in [1.165, 1.54) is 0 Å². The average molecular weight is 218 g/mol. The lowest BCUT2D eigenvalue weighted by Gasteiger charge is -2.09. The highest BCUT2D eigenvalue weighted by Crippen LogP contribution is 2.29. The second-order valence-corrected chi connectivity index (χ2v) is 4.23. The highest BCUT2D eigenvalue weighted by Gasteiger charge is 2.10. The Morgan fingerprint density at radius 1 is 0.733 bits per heavy atom. The molecular formula is C12H11O2P. The predicted octanol–water partition coefficient (Wildman–Crippen LogP) is 2.28. The first-order chi connectivity index (χ1) is 7.29. The molecule has 3 heteroatoms. The van der Waals surface area contributed by atoms with Gasteiger partial charge in [-0.2, -0.15) is 0 Å². The topological polar surface area (TPSA) is 40.5 Å². The summed E-state index contributed by atoms with van der Waals surface area (Å²) >= 11 is 0. The molecule has 2 nitrogen and oxygen atoms in total. The number of hydrogen-bond donors (Lipinski definition) is 2. The first kappa shape index (κ1) is 10.3. The van der Waals surface area contributed by atoms with E-state index < -0.39 is 8.38 Å². The van der Waals surface area contributed by atoms with Gasteiger partial charge in [0.25, 0.3) is 0 Å². The highest BCUT2D eigenvalue weighted by atomic mass is 31.2. The van der Waals surface area contributed by atoms with Crippen LogP contribution in [0.25, 0.3) is 11.1 Å². The molecule has 2 rings (SSSR count). The Morgan fingerprint density at radius 3 is 2.00 bits per heavy atom. The van der Waals surface area contributed by atoms with Crippen LogP contribution in [0.3, 0.4) is 0 Å². The smallest absolute Gasteiger partial charge is 0.200 e. The van der Waals surface area contributed by atoms with Gasteiger partial charge in [0, 0.05) is 5.30 Å². The Bertz CT molecular complexity index is 440. The van der Waals surface area contributed by atoms with E-state index in [9.17, 15) is 9.79 Å². The average Bonchev–Trinajstić information content (AvgIpc) is 2.30. The summed E-state index contributed by atoms with van der Waals surface area (Å²) < 4.78 is 0. The van der Waals surface area contributed by atoms with E-state index in [2.05, 4.69) is 0 Å². The molecule has 0 fully saturated rings. The van der Waals surface area contributed by atoms with Crippen LogP contribution in [0, 0.1) is 0 Å². The fourth-order valence-corrected chi connectivity index (χ4v) is 2.15. The van der Waals surface area contributed by atoms with Crippen molar-refractivity contribution in [3.05, 3.63) is 54.6 Å². The summed E-state index contributed by atoms with van der Waals surface area (Å²) in [6.07, 6.45) is 0. The number of rotatable bonds is 2. The lowest BCUT2D eigenvalue weighted by molar-refractivity contribution is 0.497. The fraction of sp³-hybridized carbons (Fsp3) is 0. The molecule has 0 radical (unpaired) electrons. The second-order valence-electron chi connectivity index (χ2n) is 3.17. The van der Waals surface area contributed by atoms with E-state index in [1.54, 1.807) is 6.07 Å². The second kappa shape index (κ2) is 4.54. The molecule has 2 aromatic carbocycles. The zero-order valence-electron chi connectivity index (χ0n) is 8.04. The predicted molar refractivity (Wildman–Crippen MR) is 62.9 cm³/mol. The maximum absolute atomic E-state index is 9.29. The monoisotopic (exact) mass is 218 g/mol. The molecule has 0 atom stereocenters. The summed E-state index contributed by atoms with van der Waals surface area (Å²) in [7, 11) is -2.04. The first-order valence-electron chi connectivity index (χ1n) is 4.61. The van der Waals surface area contributed by atoms with Gasteiger partial charge in [-0.05, 0) is 17.2 Å². The lowest BCUT2D eigenvalue weighted by Crippen LogP contribution is -2.03. The van der Waals surface area contributed by atoms with Gasteiger partial charge in [0.2, 0.25) is 0 Å². The lowest BCUT2D eigenvalue weighted by atomic mass is 10.1. The Labute approximate surface area is 89.7 Å². The molecule has 15 heavy (non-hydrogen) atoms. The van der Waals surface area contributed by atoms with Crippen molar-refractivity contribution >= 4 is 13.7 Å². The molecule has 0 saturated carbocycles. The minimum atomic E-state index is -2.04. The van der Waals surface area contributed by atoms with Crippen LogP contribution in [-0.4, -0.2) is 9.79 Å². The molecule has 0 aromatic heterocycles. The van der Waals surface area contributed by atoms with Crippen LogP contribution in [-0.2, 0) is 0 Å². The summed E-state index contributed by atoms with van der Waals surface area (Å²) in [6.45, 7) is 0.